The van der Waals surface area contributed by atoms with E-state index in [9.17, 15) is 4.21 Å². The zero-order valence-electron chi connectivity index (χ0n) is 12.0. The van der Waals surface area contributed by atoms with E-state index in [-0.39, 0.29) is 0 Å². The Labute approximate surface area is 127 Å². The van der Waals surface area contributed by atoms with Crippen LogP contribution in [0, 0.1) is 0 Å². The standard InChI is InChI=1S/C16H19NO3S/c1-2-19-14-8-4-5-9-15(14)20-11-12-21(18)16-10-6-3-7-13(16)17/h3-10H,2,11-12,17H2,1H3. The number of benzene rings is 2. The molecule has 0 spiro atoms. The summed E-state index contributed by atoms with van der Waals surface area (Å²) >= 11 is 0. The highest BCUT2D eigenvalue weighted by Gasteiger charge is 2.09. The van der Waals surface area contributed by atoms with Gasteiger partial charge in [0.2, 0.25) is 0 Å². The summed E-state index contributed by atoms with van der Waals surface area (Å²) in [4.78, 5) is 0.652. The van der Waals surface area contributed by atoms with E-state index in [0.717, 1.165) is 0 Å². The van der Waals surface area contributed by atoms with Crippen molar-refractivity contribution in [2.24, 2.45) is 0 Å². The molecule has 2 N–H and O–H groups in total. The lowest BCUT2D eigenvalue weighted by molar-refractivity contribution is 0.289. The summed E-state index contributed by atoms with van der Waals surface area (Å²) in [6.45, 7) is 2.84. The van der Waals surface area contributed by atoms with Gasteiger partial charge in [0.1, 0.15) is 6.61 Å². The quantitative estimate of drug-likeness (QED) is 0.799. The Hall–Kier alpha value is -2.01. The lowest BCUT2D eigenvalue weighted by atomic mass is 10.3. The molecule has 0 aliphatic carbocycles. The van der Waals surface area contributed by atoms with E-state index in [4.69, 9.17) is 15.2 Å². The zero-order valence-corrected chi connectivity index (χ0v) is 12.8. The second kappa shape index (κ2) is 7.69. The minimum absolute atomic E-state index is 0.338. The number of nitrogen functional groups attached to an aromatic ring is 1. The van der Waals surface area contributed by atoms with Gasteiger partial charge in [0.25, 0.3) is 0 Å². The molecule has 112 valence electrons. The van der Waals surface area contributed by atoms with Crippen molar-refractivity contribution in [3.05, 3.63) is 48.5 Å². The van der Waals surface area contributed by atoms with Gasteiger partial charge in [-0.1, -0.05) is 24.3 Å². The largest absolute Gasteiger partial charge is 0.490 e. The Bertz CT molecular complexity index is 616. The van der Waals surface area contributed by atoms with Gasteiger partial charge < -0.3 is 15.2 Å². The molecule has 0 aliphatic heterocycles. The van der Waals surface area contributed by atoms with E-state index in [1.807, 2.05) is 43.3 Å². The molecule has 0 heterocycles. The number of para-hydroxylation sites is 3. The second-order valence-corrected chi connectivity index (χ2v) is 5.85. The molecule has 1 unspecified atom stereocenters. The van der Waals surface area contributed by atoms with Gasteiger partial charge in [0.15, 0.2) is 11.5 Å². The number of rotatable bonds is 7. The molecule has 0 bridgehead atoms. The van der Waals surface area contributed by atoms with E-state index in [2.05, 4.69) is 0 Å². The average molecular weight is 305 g/mol. The Balaban J connectivity index is 1.93. The molecule has 0 fully saturated rings. The molecular weight excluding hydrogens is 286 g/mol. The molecule has 0 saturated carbocycles. The first-order valence-corrected chi connectivity index (χ1v) is 8.11. The molecule has 1 atom stereocenters. The number of anilines is 1. The van der Waals surface area contributed by atoms with Crippen molar-refractivity contribution in [2.45, 2.75) is 11.8 Å². The number of nitrogens with two attached hydrogens (primary N) is 1. The van der Waals surface area contributed by atoms with Crippen LogP contribution in [0.1, 0.15) is 6.92 Å². The fourth-order valence-electron chi connectivity index (χ4n) is 1.87. The van der Waals surface area contributed by atoms with Crippen LogP contribution in [0.25, 0.3) is 0 Å². The third kappa shape index (κ3) is 4.23. The molecule has 0 aliphatic rings. The summed E-state index contributed by atoms with van der Waals surface area (Å²) < 4.78 is 23.3. The molecule has 0 amide bonds. The van der Waals surface area contributed by atoms with Crippen LogP contribution >= 0.6 is 0 Å². The first kappa shape index (κ1) is 15.4. The van der Waals surface area contributed by atoms with Gasteiger partial charge in [0, 0.05) is 5.69 Å². The van der Waals surface area contributed by atoms with Crippen LogP contribution in [0.3, 0.4) is 0 Å². The molecular formula is C16H19NO3S. The Morgan fingerprint density at radius 1 is 1.00 bits per heavy atom. The molecule has 5 heteroatoms. The molecule has 0 aromatic heterocycles. The van der Waals surface area contributed by atoms with Crippen molar-refractivity contribution in [1.82, 2.24) is 0 Å². The fraction of sp³-hybridized carbons (Fsp3) is 0.250. The molecule has 2 rings (SSSR count). The molecule has 4 nitrogen and oxygen atoms in total. The van der Waals surface area contributed by atoms with Crippen molar-refractivity contribution in [3.8, 4) is 11.5 Å². The SMILES string of the molecule is CCOc1ccccc1OCCS(=O)c1ccccc1N. The Morgan fingerprint density at radius 3 is 2.29 bits per heavy atom. The Morgan fingerprint density at radius 2 is 1.62 bits per heavy atom. The minimum Gasteiger partial charge on any atom is -0.490 e. The summed E-state index contributed by atoms with van der Waals surface area (Å²) in [5.74, 6) is 1.75. The lowest BCUT2D eigenvalue weighted by Gasteiger charge is -2.11. The Kier molecular flexibility index (Phi) is 5.63. The highest BCUT2D eigenvalue weighted by molar-refractivity contribution is 7.85. The average Bonchev–Trinajstić information content (AvgIpc) is 2.49. The first-order chi connectivity index (χ1) is 10.2. The molecule has 0 saturated heterocycles. The van der Waals surface area contributed by atoms with Crippen LogP contribution in [0.5, 0.6) is 11.5 Å². The zero-order chi connectivity index (χ0) is 15.1. The summed E-state index contributed by atoms with van der Waals surface area (Å²) in [5, 5.41) is 0. The molecule has 2 aromatic carbocycles. The van der Waals surface area contributed by atoms with E-state index in [1.165, 1.54) is 0 Å². The van der Waals surface area contributed by atoms with Crippen molar-refractivity contribution in [1.29, 1.82) is 0 Å². The van der Waals surface area contributed by atoms with Crippen molar-refractivity contribution in [2.75, 3.05) is 24.7 Å². The third-order valence-corrected chi connectivity index (χ3v) is 4.24. The maximum absolute atomic E-state index is 12.2. The van der Waals surface area contributed by atoms with Crippen LogP contribution in [-0.4, -0.2) is 23.2 Å². The smallest absolute Gasteiger partial charge is 0.161 e. The predicted octanol–water partition coefficient (Wildman–Crippen LogP) is 2.85. The minimum atomic E-state index is -1.17. The van der Waals surface area contributed by atoms with Crippen molar-refractivity contribution >= 4 is 16.5 Å². The lowest BCUT2D eigenvalue weighted by Crippen LogP contribution is -2.10. The number of ether oxygens (including phenoxy) is 2. The predicted molar refractivity (Wildman–Crippen MR) is 85.2 cm³/mol. The first-order valence-electron chi connectivity index (χ1n) is 6.80. The number of hydrogen-bond acceptors (Lipinski definition) is 4. The third-order valence-electron chi connectivity index (χ3n) is 2.84. The van der Waals surface area contributed by atoms with Crippen LogP contribution in [0.4, 0.5) is 5.69 Å². The van der Waals surface area contributed by atoms with Gasteiger partial charge in [-0.05, 0) is 31.2 Å². The van der Waals surface area contributed by atoms with E-state index in [0.29, 0.717) is 41.0 Å². The highest BCUT2D eigenvalue weighted by atomic mass is 32.2. The van der Waals surface area contributed by atoms with Crippen LogP contribution < -0.4 is 15.2 Å². The highest BCUT2D eigenvalue weighted by Crippen LogP contribution is 2.26. The van der Waals surface area contributed by atoms with Crippen molar-refractivity contribution in [3.63, 3.8) is 0 Å². The number of hydrogen-bond donors (Lipinski definition) is 1. The van der Waals surface area contributed by atoms with Gasteiger partial charge in [-0.25, -0.2) is 0 Å². The van der Waals surface area contributed by atoms with Gasteiger partial charge in [-0.2, -0.15) is 0 Å². The normalized spacial score (nSPS) is 11.9. The van der Waals surface area contributed by atoms with E-state index >= 15 is 0 Å². The summed E-state index contributed by atoms with van der Waals surface area (Å²) in [7, 11) is -1.17. The summed E-state index contributed by atoms with van der Waals surface area (Å²) in [6, 6.07) is 14.6. The fourth-order valence-corrected chi connectivity index (χ4v) is 2.89. The molecule has 0 radical (unpaired) electrons. The van der Waals surface area contributed by atoms with E-state index < -0.39 is 10.8 Å². The van der Waals surface area contributed by atoms with Crippen molar-refractivity contribution < 1.29 is 13.7 Å². The monoisotopic (exact) mass is 305 g/mol. The molecule has 2 aromatic rings. The maximum atomic E-state index is 12.2. The van der Waals surface area contributed by atoms with Crippen LogP contribution in [-0.2, 0) is 10.8 Å². The van der Waals surface area contributed by atoms with Gasteiger partial charge in [-0.15, -0.1) is 0 Å². The summed E-state index contributed by atoms with van der Waals surface area (Å²) in [5.41, 5.74) is 6.36. The van der Waals surface area contributed by atoms with Gasteiger partial charge in [-0.3, -0.25) is 4.21 Å². The van der Waals surface area contributed by atoms with Gasteiger partial charge >= 0.3 is 0 Å². The van der Waals surface area contributed by atoms with E-state index in [1.54, 1.807) is 12.1 Å². The molecule has 21 heavy (non-hydrogen) atoms. The van der Waals surface area contributed by atoms with Crippen LogP contribution in [0.2, 0.25) is 0 Å². The summed E-state index contributed by atoms with van der Waals surface area (Å²) in [6.07, 6.45) is 0. The topological polar surface area (TPSA) is 61.5 Å². The van der Waals surface area contributed by atoms with Gasteiger partial charge in [0.05, 0.1) is 28.1 Å². The maximum Gasteiger partial charge on any atom is 0.161 e. The van der Waals surface area contributed by atoms with Crippen LogP contribution in [0.15, 0.2) is 53.4 Å². The second-order valence-electron chi connectivity index (χ2n) is 4.32.